The third-order valence-electron chi connectivity index (χ3n) is 6.29. The summed E-state index contributed by atoms with van der Waals surface area (Å²) in [6, 6.07) is 5.83. The molecule has 0 atom stereocenters. The number of anilines is 1. The minimum absolute atomic E-state index is 0.117. The SMILES string of the molecule is C[N+]1(CCCNc2nn3ccccc3c2N=C2C=C(OCCO)C(N)=CC2=N)CCCCC1. The smallest absolute Gasteiger partial charge is 0.175 e. The van der Waals surface area contributed by atoms with E-state index in [0.29, 0.717) is 28.7 Å². The van der Waals surface area contributed by atoms with Crippen LogP contribution in [-0.2, 0) is 4.74 Å². The van der Waals surface area contributed by atoms with Crippen molar-refractivity contribution in [3.8, 4) is 0 Å². The van der Waals surface area contributed by atoms with Crippen molar-refractivity contribution in [3.05, 3.63) is 48.0 Å². The van der Waals surface area contributed by atoms with E-state index in [1.165, 1.54) is 38.4 Å². The number of aliphatic hydroxyl groups is 1. The summed E-state index contributed by atoms with van der Waals surface area (Å²) >= 11 is 0. The first-order valence-corrected chi connectivity index (χ1v) is 11.6. The summed E-state index contributed by atoms with van der Waals surface area (Å²) in [6.07, 6.45) is 10.1. The molecule has 0 spiro atoms. The number of hydrogen-bond donors (Lipinski definition) is 4. The van der Waals surface area contributed by atoms with Crippen LogP contribution in [0.15, 0.2) is 53.0 Å². The number of allylic oxidation sites excluding steroid dienone is 2. The van der Waals surface area contributed by atoms with Crippen LogP contribution >= 0.6 is 0 Å². The molecule has 4 rings (SSSR count). The van der Waals surface area contributed by atoms with Gasteiger partial charge >= 0.3 is 0 Å². The van der Waals surface area contributed by atoms with Crippen LogP contribution in [0.1, 0.15) is 25.7 Å². The lowest BCUT2D eigenvalue weighted by Crippen LogP contribution is -2.48. The van der Waals surface area contributed by atoms with Crippen molar-refractivity contribution in [2.75, 3.05) is 51.8 Å². The van der Waals surface area contributed by atoms with Crippen molar-refractivity contribution in [3.63, 3.8) is 0 Å². The minimum Gasteiger partial charge on any atom is -0.489 e. The van der Waals surface area contributed by atoms with Crippen LogP contribution < -0.4 is 11.1 Å². The fourth-order valence-corrected chi connectivity index (χ4v) is 4.46. The van der Waals surface area contributed by atoms with E-state index in [4.69, 9.17) is 26.0 Å². The Hall–Kier alpha value is -3.17. The maximum Gasteiger partial charge on any atom is 0.175 e. The van der Waals surface area contributed by atoms with Crippen molar-refractivity contribution in [2.24, 2.45) is 10.7 Å². The van der Waals surface area contributed by atoms with Gasteiger partial charge in [-0.05, 0) is 37.5 Å². The van der Waals surface area contributed by atoms with Gasteiger partial charge in [-0.2, -0.15) is 0 Å². The predicted molar refractivity (Wildman–Crippen MR) is 131 cm³/mol. The van der Waals surface area contributed by atoms with Gasteiger partial charge in [0.2, 0.25) is 0 Å². The fraction of sp³-hybridized carbons (Fsp3) is 0.458. The summed E-state index contributed by atoms with van der Waals surface area (Å²) in [5.74, 6) is 1.10. The van der Waals surface area contributed by atoms with Crippen molar-refractivity contribution < 1.29 is 14.3 Å². The number of quaternary nitrogens is 1. The van der Waals surface area contributed by atoms with Crippen LogP contribution in [0, 0.1) is 5.41 Å². The number of nitrogens with two attached hydrogens (primary N) is 1. The number of nitrogens with one attached hydrogen (secondary N) is 2. The van der Waals surface area contributed by atoms with Gasteiger partial charge in [-0.25, -0.2) is 9.51 Å². The number of fused-ring (bicyclic) bond motifs is 1. The molecule has 5 N–H and O–H groups in total. The van der Waals surface area contributed by atoms with Gasteiger partial charge in [0.25, 0.3) is 0 Å². The highest BCUT2D eigenvalue weighted by molar-refractivity contribution is 6.50. The van der Waals surface area contributed by atoms with Gasteiger partial charge in [0, 0.05) is 25.2 Å². The number of pyridine rings is 1. The zero-order valence-electron chi connectivity index (χ0n) is 19.3. The number of hydrogen-bond acceptors (Lipinski definition) is 7. The Balaban J connectivity index is 1.55. The number of rotatable bonds is 9. The first-order valence-electron chi connectivity index (χ1n) is 11.6. The zero-order valence-corrected chi connectivity index (χ0v) is 19.3. The van der Waals surface area contributed by atoms with Crippen LogP contribution in [0.4, 0.5) is 11.5 Å². The van der Waals surface area contributed by atoms with Crippen LogP contribution in [0.25, 0.3) is 5.52 Å². The Bertz CT molecular complexity index is 1090. The van der Waals surface area contributed by atoms with Crippen LogP contribution in [-0.4, -0.2) is 77.1 Å². The van der Waals surface area contributed by atoms with Gasteiger partial charge in [0.15, 0.2) is 5.82 Å². The molecule has 0 radical (unpaired) electrons. The van der Waals surface area contributed by atoms with Gasteiger partial charge in [0.1, 0.15) is 18.1 Å². The number of aliphatic hydroxyl groups excluding tert-OH is 1. The molecule has 0 unspecified atom stereocenters. The normalized spacial score (nSPS) is 19.5. The van der Waals surface area contributed by atoms with E-state index < -0.39 is 0 Å². The Labute approximate surface area is 194 Å². The maximum absolute atomic E-state index is 9.06. The largest absolute Gasteiger partial charge is 0.489 e. The lowest BCUT2D eigenvalue weighted by molar-refractivity contribution is -0.914. The number of aromatic nitrogens is 2. The third kappa shape index (κ3) is 5.43. The second kappa shape index (κ2) is 10.2. The summed E-state index contributed by atoms with van der Waals surface area (Å²) in [7, 11) is 2.36. The lowest BCUT2D eigenvalue weighted by atomic mass is 10.1. The number of aliphatic imine (C=N–C) groups is 1. The molecule has 0 amide bonds. The molecule has 2 aliphatic rings. The topological polar surface area (TPSA) is 121 Å². The lowest BCUT2D eigenvalue weighted by Gasteiger charge is -2.37. The monoisotopic (exact) mass is 452 g/mol. The van der Waals surface area contributed by atoms with E-state index in [1.54, 1.807) is 10.6 Å². The molecule has 33 heavy (non-hydrogen) atoms. The molecule has 3 heterocycles. The fourth-order valence-electron chi connectivity index (χ4n) is 4.46. The predicted octanol–water partition coefficient (Wildman–Crippen LogP) is 2.61. The standard InChI is InChI=1S/C24H34N7O2/c1-31(11-5-2-6-12-31)13-7-9-27-24-23(21-8-3-4-10-30(21)29-24)28-20-17-22(33-15-14-32)19(26)16-18(20)25/h3-4,8,10,16-17,25,32H,2,5-7,9,11-15,26H2,1H3,(H,27,29)/q+1. The summed E-state index contributed by atoms with van der Waals surface area (Å²) in [5, 5.41) is 25.6. The van der Waals surface area contributed by atoms with Crippen LogP contribution in [0.3, 0.4) is 0 Å². The minimum atomic E-state index is -0.117. The summed E-state index contributed by atoms with van der Waals surface area (Å²) in [5.41, 5.74) is 8.50. The number of nitrogens with zero attached hydrogens (tertiary/aromatic N) is 4. The molecule has 176 valence electrons. The molecule has 2 aromatic rings. The molecule has 1 fully saturated rings. The van der Waals surface area contributed by atoms with Crippen LogP contribution in [0.5, 0.6) is 0 Å². The van der Waals surface area contributed by atoms with Gasteiger partial charge in [-0.1, -0.05) is 6.07 Å². The first kappa shape index (κ1) is 23.0. The Morgan fingerprint density at radius 2 is 2.09 bits per heavy atom. The molecule has 9 nitrogen and oxygen atoms in total. The van der Waals surface area contributed by atoms with E-state index in [-0.39, 0.29) is 18.9 Å². The molecule has 1 aliphatic carbocycles. The second-order valence-corrected chi connectivity index (χ2v) is 8.95. The number of piperidine rings is 1. The summed E-state index contributed by atoms with van der Waals surface area (Å²) in [4.78, 5) is 4.79. The van der Waals surface area contributed by atoms with E-state index in [0.717, 1.165) is 29.5 Å². The van der Waals surface area contributed by atoms with Gasteiger partial charge in [0.05, 0.1) is 55.9 Å². The van der Waals surface area contributed by atoms with Crippen molar-refractivity contribution in [2.45, 2.75) is 25.7 Å². The quantitative estimate of drug-likeness (QED) is 0.265. The maximum atomic E-state index is 9.06. The first-order chi connectivity index (χ1) is 16.0. The zero-order chi connectivity index (χ0) is 23.3. The summed E-state index contributed by atoms with van der Waals surface area (Å²) < 4.78 is 8.45. The summed E-state index contributed by atoms with van der Waals surface area (Å²) in [6.45, 7) is 4.49. The third-order valence-corrected chi connectivity index (χ3v) is 6.29. The van der Waals surface area contributed by atoms with E-state index in [1.807, 2.05) is 24.4 Å². The van der Waals surface area contributed by atoms with Gasteiger partial charge in [-0.3, -0.25) is 5.41 Å². The molecule has 2 aromatic heterocycles. The second-order valence-electron chi connectivity index (χ2n) is 8.95. The Morgan fingerprint density at radius 3 is 2.88 bits per heavy atom. The molecular formula is C24H34N7O2+. The highest BCUT2D eigenvalue weighted by Crippen LogP contribution is 2.31. The highest BCUT2D eigenvalue weighted by Gasteiger charge is 2.24. The van der Waals surface area contributed by atoms with Gasteiger partial charge < -0.3 is 25.4 Å². The highest BCUT2D eigenvalue weighted by atomic mass is 16.5. The van der Waals surface area contributed by atoms with E-state index in [9.17, 15) is 0 Å². The molecule has 0 saturated carbocycles. The molecule has 1 saturated heterocycles. The van der Waals surface area contributed by atoms with Crippen molar-refractivity contribution >= 4 is 28.4 Å². The Morgan fingerprint density at radius 1 is 1.27 bits per heavy atom. The van der Waals surface area contributed by atoms with Crippen molar-refractivity contribution in [1.82, 2.24) is 9.61 Å². The number of likely N-dealkylation sites (tertiary alicyclic amines) is 1. The molecule has 0 aromatic carbocycles. The van der Waals surface area contributed by atoms with Crippen molar-refractivity contribution in [1.29, 1.82) is 5.41 Å². The molecule has 9 heteroatoms. The Kier molecular flexibility index (Phi) is 7.10. The van der Waals surface area contributed by atoms with E-state index >= 15 is 0 Å². The molecular weight excluding hydrogens is 418 g/mol. The molecule has 0 bridgehead atoms. The average Bonchev–Trinajstić information content (AvgIpc) is 3.15. The van der Waals surface area contributed by atoms with E-state index in [2.05, 4.69) is 17.5 Å². The van der Waals surface area contributed by atoms with Crippen LogP contribution in [0.2, 0.25) is 0 Å². The van der Waals surface area contributed by atoms with Gasteiger partial charge in [-0.15, -0.1) is 5.10 Å². The molecule has 1 aliphatic heterocycles. The average molecular weight is 453 g/mol. The number of ether oxygens (including phenoxy) is 1.